The van der Waals surface area contributed by atoms with Gasteiger partial charge in [0.05, 0.1) is 14.2 Å². The van der Waals surface area contributed by atoms with Gasteiger partial charge in [-0.15, -0.1) is 0 Å². The fourth-order valence-corrected chi connectivity index (χ4v) is 2.27. The fourth-order valence-electron chi connectivity index (χ4n) is 2.27. The standard InChI is InChI=1S/C16H13NO4/c1-19-14-8-7-12(10-5-3-4-6-11(10)14)15-9-13(17-21-15)16(18)20-2/h3-9H,1-2H3. The van der Waals surface area contributed by atoms with Crippen LogP contribution in [0.2, 0.25) is 0 Å². The van der Waals surface area contributed by atoms with Crippen molar-refractivity contribution in [2.75, 3.05) is 14.2 Å². The van der Waals surface area contributed by atoms with Gasteiger partial charge in [-0.25, -0.2) is 4.79 Å². The molecule has 0 aliphatic heterocycles. The Morgan fingerprint density at radius 1 is 1.10 bits per heavy atom. The minimum atomic E-state index is -0.525. The number of methoxy groups -OCH3 is 2. The van der Waals surface area contributed by atoms with Crippen molar-refractivity contribution in [1.82, 2.24) is 5.16 Å². The third-order valence-corrected chi connectivity index (χ3v) is 3.27. The summed E-state index contributed by atoms with van der Waals surface area (Å²) in [5.74, 6) is 0.763. The maximum Gasteiger partial charge on any atom is 0.360 e. The van der Waals surface area contributed by atoms with Gasteiger partial charge in [-0.3, -0.25) is 0 Å². The molecule has 21 heavy (non-hydrogen) atoms. The smallest absolute Gasteiger partial charge is 0.360 e. The van der Waals surface area contributed by atoms with Crippen molar-refractivity contribution >= 4 is 16.7 Å². The molecule has 1 aromatic heterocycles. The van der Waals surface area contributed by atoms with E-state index in [1.54, 1.807) is 13.2 Å². The highest BCUT2D eigenvalue weighted by molar-refractivity contribution is 5.99. The van der Waals surface area contributed by atoms with Gasteiger partial charge in [-0.05, 0) is 17.5 Å². The Morgan fingerprint density at radius 2 is 1.86 bits per heavy atom. The molecule has 5 heteroatoms. The van der Waals surface area contributed by atoms with Gasteiger partial charge in [0.15, 0.2) is 11.5 Å². The third kappa shape index (κ3) is 2.23. The summed E-state index contributed by atoms with van der Waals surface area (Å²) in [5.41, 5.74) is 0.987. The second-order valence-electron chi connectivity index (χ2n) is 4.43. The van der Waals surface area contributed by atoms with Crippen LogP contribution in [0.1, 0.15) is 10.5 Å². The van der Waals surface area contributed by atoms with Crippen LogP contribution in [0.15, 0.2) is 47.0 Å². The summed E-state index contributed by atoms with van der Waals surface area (Å²) in [4.78, 5) is 11.5. The predicted octanol–water partition coefficient (Wildman–Crippen LogP) is 3.29. The zero-order valence-electron chi connectivity index (χ0n) is 11.6. The second kappa shape index (κ2) is 5.28. The molecule has 0 aliphatic rings. The van der Waals surface area contributed by atoms with E-state index in [-0.39, 0.29) is 5.69 Å². The first-order valence-corrected chi connectivity index (χ1v) is 6.35. The topological polar surface area (TPSA) is 61.6 Å². The van der Waals surface area contributed by atoms with Crippen molar-refractivity contribution in [2.45, 2.75) is 0 Å². The Labute approximate surface area is 121 Å². The number of esters is 1. The van der Waals surface area contributed by atoms with Gasteiger partial charge in [-0.1, -0.05) is 29.4 Å². The van der Waals surface area contributed by atoms with E-state index in [0.717, 1.165) is 22.1 Å². The van der Waals surface area contributed by atoms with E-state index in [1.807, 2.05) is 36.4 Å². The maximum absolute atomic E-state index is 11.5. The minimum Gasteiger partial charge on any atom is -0.496 e. The molecule has 0 fully saturated rings. The number of benzene rings is 2. The number of hydrogen-bond acceptors (Lipinski definition) is 5. The van der Waals surface area contributed by atoms with Crippen molar-refractivity contribution in [1.29, 1.82) is 0 Å². The van der Waals surface area contributed by atoms with Crippen LogP contribution in [-0.2, 0) is 4.74 Å². The van der Waals surface area contributed by atoms with E-state index in [2.05, 4.69) is 9.89 Å². The molecule has 0 atom stereocenters. The first kappa shape index (κ1) is 13.2. The van der Waals surface area contributed by atoms with Gasteiger partial charge in [0.1, 0.15) is 5.75 Å². The number of hydrogen-bond donors (Lipinski definition) is 0. The first-order chi connectivity index (χ1) is 10.2. The third-order valence-electron chi connectivity index (χ3n) is 3.27. The monoisotopic (exact) mass is 283 g/mol. The first-order valence-electron chi connectivity index (χ1n) is 6.35. The predicted molar refractivity (Wildman–Crippen MR) is 77.3 cm³/mol. The minimum absolute atomic E-state index is 0.146. The largest absolute Gasteiger partial charge is 0.496 e. The van der Waals surface area contributed by atoms with Gasteiger partial charge < -0.3 is 14.0 Å². The number of nitrogens with zero attached hydrogens (tertiary/aromatic N) is 1. The van der Waals surface area contributed by atoms with Gasteiger partial charge in [0, 0.05) is 17.0 Å². The van der Waals surface area contributed by atoms with Crippen LogP contribution in [0, 0.1) is 0 Å². The molecule has 0 spiro atoms. The number of ether oxygens (including phenoxy) is 2. The van der Waals surface area contributed by atoms with Crippen molar-refractivity contribution in [2.24, 2.45) is 0 Å². The molecule has 2 aromatic carbocycles. The SMILES string of the molecule is COC(=O)c1cc(-c2ccc(OC)c3ccccc23)on1. The molecule has 0 saturated heterocycles. The van der Waals surface area contributed by atoms with Crippen LogP contribution in [-0.4, -0.2) is 25.3 Å². The molecular formula is C16H13NO4. The molecule has 0 unspecified atom stereocenters. The van der Waals surface area contributed by atoms with Crippen LogP contribution < -0.4 is 4.74 Å². The van der Waals surface area contributed by atoms with Crippen LogP contribution in [0.4, 0.5) is 0 Å². The van der Waals surface area contributed by atoms with Crippen molar-refractivity contribution in [3.8, 4) is 17.1 Å². The number of fused-ring (bicyclic) bond motifs is 1. The van der Waals surface area contributed by atoms with Crippen molar-refractivity contribution in [3.63, 3.8) is 0 Å². The summed E-state index contributed by atoms with van der Waals surface area (Å²) >= 11 is 0. The molecule has 0 saturated carbocycles. The molecule has 3 aromatic rings. The average molecular weight is 283 g/mol. The highest BCUT2D eigenvalue weighted by atomic mass is 16.5. The lowest BCUT2D eigenvalue weighted by atomic mass is 10.0. The Hall–Kier alpha value is -2.82. The second-order valence-corrected chi connectivity index (χ2v) is 4.43. The highest BCUT2D eigenvalue weighted by Gasteiger charge is 2.16. The van der Waals surface area contributed by atoms with Crippen molar-refractivity contribution in [3.05, 3.63) is 48.2 Å². The fraction of sp³-hybridized carbons (Fsp3) is 0.125. The molecule has 0 bridgehead atoms. The number of carbonyl (C=O) groups excluding carboxylic acids is 1. The Kier molecular flexibility index (Phi) is 3.31. The molecule has 3 rings (SSSR count). The van der Waals surface area contributed by atoms with E-state index >= 15 is 0 Å². The summed E-state index contributed by atoms with van der Waals surface area (Å²) in [7, 11) is 2.94. The Balaban J connectivity index is 2.17. The van der Waals surface area contributed by atoms with Crippen LogP contribution in [0.5, 0.6) is 5.75 Å². The Morgan fingerprint density at radius 3 is 2.57 bits per heavy atom. The zero-order chi connectivity index (χ0) is 14.8. The molecule has 0 N–H and O–H groups in total. The van der Waals surface area contributed by atoms with E-state index in [1.165, 1.54) is 7.11 Å². The summed E-state index contributed by atoms with van der Waals surface area (Å²) in [6.07, 6.45) is 0. The van der Waals surface area contributed by atoms with Gasteiger partial charge in [-0.2, -0.15) is 0 Å². The van der Waals surface area contributed by atoms with E-state index < -0.39 is 5.97 Å². The summed E-state index contributed by atoms with van der Waals surface area (Å²) in [5, 5.41) is 5.66. The number of aromatic nitrogens is 1. The van der Waals surface area contributed by atoms with Gasteiger partial charge in [0.25, 0.3) is 0 Å². The van der Waals surface area contributed by atoms with Gasteiger partial charge in [0.2, 0.25) is 0 Å². The normalized spacial score (nSPS) is 10.6. The summed E-state index contributed by atoms with van der Waals surface area (Å²) < 4.78 is 15.3. The molecule has 5 nitrogen and oxygen atoms in total. The lowest BCUT2D eigenvalue weighted by molar-refractivity contribution is 0.0589. The lowest BCUT2D eigenvalue weighted by Gasteiger charge is -2.08. The van der Waals surface area contributed by atoms with E-state index in [4.69, 9.17) is 9.26 Å². The van der Waals surface area contributed by atoms with Crippen LogP contribution in [0.25, 0.3) is 22.1 Å². The molecule has 106 valence electrons. The number of carbonyl (C=O) groups is 1. The van der Waals surface area contributed by atoms with Crippen molar-refractivity contribution < 1.29 is 18.8 Å². The van der Waals surface area contributed by atoms with Crippen LogP contribution in [0.3, 0.4) is 0 Å². The summed E-state index contributed by atoms with van der Waals surface area (Å²) in [6, 6.07) is 13.1. The van der Waals surface area contributed by atoms with E-state index in [0.29, 0.717) is 5.76 Å². The quantitative estimate of drug-likeness (QED) is 0.690. The maximum atomic E-state index is 11.5. The molecule has 0 radical (unpaired) electrons. The average Bonchev–Trinajstić information content (AvgIpc) is 3.02. The summed E-state index contributed by atoms with van der Waals surface area (Å²) in [6.45, 7) is 0. The molecule has 0 aliphatic carbocycles. The highest BCUT2D eigenvalue weighted by Crippen LogP contribution is 2.34. The van der Waals surface area contributed by atoms with Crippen LogP contribution >= 0.6 is 0 Å². The van der Waals surface area contributed by atoms with E-state index in [9.17, 15) is 4.79 Å². The number of rotatable bonds is 3. The molecular weight excluding hydrogens is 270 g/mol. The molecule has 1 heterocycles. The zero-order valence-corrected chi connectivity index (χ0v) is 11.6. The molecule has 0 amide bonds. The van der Waals surface area contributed by atoms with Gasteiger partial charge >= 0.3 is 5.97 Å². The Bertz CT molecular complexity index is 807. The lowest BCUT2D eigenvalue weighted by Crippen LogP contribution is -2.00.